The number of nitrogens with zero attached hydrogens (tertiary/aromatic N) is 4. The van der Waals surface area contributed by atoms with Crippen LogP contribution in [0.25, 0.3) is 28.0 Å². The molecule has 2 aromatic carbocycles. The third kappa shape index (κ3) is 4.32. The van der Waals surface area contributed by atoms with Gasteiger partial charge in [-0.25, -0.2) is 18.5 Å². The molecule has 1 aliphatic rings. The minimum Gasteiger partial charge on any atom is -0.492 e. The van der Waals surface area contributed by atoms with Crippen LogP contribution in [0, 0.1) is 0 Å². The minimum atomic E-state index is -0.634. The zero-order valence-electron chi connectivity index (χ0n) is 21.0. The maximum Gasteiger partial charge on any atom is 0.342 e. The smallest absolute Gasteiger partial charge is 0.342 e. The lowest BCUT2D eigenvalue weighted by molar-refractivity contribution is -0.604. The number of hydrogen-bond donors (Lipinski definition) is 0. The van der Waals surface area contributed by atoms with Gasteiger partial charge in [-0.3, -0.25) is 9.59 Å². The Morgan fingerprint density at radius 2 is 1.64 bits per heavy atom. The second-order valence-corrected chi connectivity index (χ2v) is 8.63. The summed E-state index contributed by atoms with van der Waals surface area (Å²) in [4.78, 5) is 37.3. The Balaban J connectivity index is 0.00000148. The summed E-state index contributed by atoms with van der Waals surface area (Å²) in [5.74, 6) is 2.93. The Bertz CT molecular complexity index is 1510. The number of ether oxygens (including phenoxy) is 1. The number of methoxy groups -OCH3 is 1. The molecular weight excluding hydrogens is 524 g/mol. The van der Waals surface area contributed by atoms with Gasteiger partial charge in [0.05, 0.1) is 24.7 Å². The molecule has 8 nitrogen and oxygen atoms in total. The third-order valence-electron chi connectivity index (χ3n) is 6.52. The molecule has 0 bridgehead atoms. The van der Waals surface area contributed by atoms with Crippen molar-refractivity contribution in [3.8, 4) is 22.7 Å². The van der Waals surface area contributed by atoms with Crippen molar-refractivity contribution in [1.29, 1.82) is 0 Å². The Labute approximate surface area is 217 Å². The first-order valence-electron chi connectivity index (χ1n) is 11.9. The van der Waals surface area contributed by atoms with Crippen molar-refractivity contribution in [2.75, 3.05) is 12.9 Å². The highest BCUT2D eigenvalue weighted by Crippen LogP contribution is 2.29. The van der Waals surface area contributed by atoms with Gasteiger partial charge in [0.2, 0.25) is 11.8 Å². The third-order valence-corrected chi connectivity index (χ3v) is 6.52. The summed E-state index contributed by atoms with van der Waals surface area (Å²) in [7, 11) is 1.67. The number of halogens is 1. The van der Waals surface area contributed by atoms with Crippen LogP contribution in [0.5, 0.6) is 5.75 Å². The lowest BCUT2D eigenvalue weighted by atomic mass is 10.1. The summed E-state index contributed by atoms with van der Waals surface area (Å²) in [6.07, 6.45) is 6.35. The maximum absolute atomic E-state index is 12.8. The van der Waals surface area contributed by atoms with E-state index in [9.17, 15) is 14.4 Å². The van der Waals surface area contributed by atoms with Crippen molar-refractivity contribution >= 4 is 38.8 Å². The molecule has 0 unspecified atom stereocenters. The number of hydrogen-bond acceptors (Lipinski definition) is 4. The van der Waals surface area contributed by atoms with Crippen molar-refractivity contribution in [3.05, 3.63) is 65.0 Å². The van der Waals surface area contributed by atoms with Crippen LogP contribution < -0.4 is 15.0 Å². The van der Waals surface area contributed by atoms with E-state index in [1.807, 2.05) is 42.2 Å². The second-order valence-electron chi connectivity index (χ2n) is 8.63. The molecule has 0 fully saturated rings. The summed E-state index contributed by atoms with van der Waals surface area (Å²) in [5, 5.41) is 0. The number of carbonyl (C=O) groups excluding carboxylic acids is 2. The predicted octanol–water partition coefficient (Wildman–Crippen LogP) is 4.61. The van der Waals surface area contributed by atoms with Crippen LogP contribution in [-0.2, 0) is 13.0 Å². The summed E-state index contributed by atoms with van der Waals surface area (Å²) in [6.45, 7) is 3.53. The normalized spacial score (nSPS) is 12.9. The van der Waals surface area contributed by atoms with E-state index in [2.05, 4.69) is 31.3 Å². The van der Waals surface area contributed by atoms with Crippen molar-refractivity contribution in [3.63, 3.8) is 0 Å². The lowest BCUT2D eigenvalue weighted by Gasteiger charge is -2.06. The molecule has 36 heavy (non-hydrogen) atoms. The number of carbonyl (C=O) groups is 2. The van der Waals surface area contributed by atoms with Crippen molar-refractivity contribution in [1.82, 2.24) is 13.7 Å². The van der Waals surface area contributed by atoms with Gasteiger partial charge in [0.25, 0.3) is 5.82 Å². The van der Waals surface area contributed by atoms with Gasteiger partial charge >= 0.3 is 5.69 Å². The fourth-order valence-electron chi connectivity index (χ4n) is 5.00. The van der Waals surface area contributed by atoms with E-state index >= 15 is 0 Å². The SMILES string of the molecule is CBr.COc1ccccc1-[n+]1cc(-c2ccc3c(c2)n(C(C)=O)c(=O)n3C(C)=O)n2c1CCCCC2. The van der Waals surface area contributed by atoms with Gasteiger partial charge in [-0.15, -0.1) is 0 Å². The van der Waals surface area contributed by atoms with Gasteiger partial charge in [0.1, 0.15) is 6.20 Å². The van der Waals surface area contributed by atoms with Crippen molar-refractivity contribution < 1.29 is 18.9 Å². The van der Waals surface area contributed by atoms with Crippen LogP contribution in [0.2, 0.25) is 0 Å². The summed E-state index contributed by atoms with van der Waals surface area (Å²) < 4.78 is 12.3. The Morgan fingerprint density at radius 3 is 2.33 bits per heavy atom. The molecule has 4 aromatic rings. The fourth-order valence-corrected chi connectivity index (χ4v) is 5.00. The first-order valence-corrected chi connectivity index (χ1v) is 13.5. The molecular formula is C27H30BrN4O4+. The number of alkyl halides is 1. The van der Waals surface area contributed by atoms with Gasteiger partial charge in [0.15, 0.2) is 17.1 Å². The van der Waals surface area contributed by atoms with E-state index < -0.39 is 17.5 Å². The van der Waals surface area contributed by atoms with Crippen LogP contribution in [-0.4, -0.2) is 38.5 Å². The van der Waals surface area contributed by atoms with E-state index in [4.69, 9.17) is 4.74 Å². The van der Waals surface area contributed by atoms with Gasteiger partial charge in [-0.05, 0) is 55.4 Å². The molecule has 1 aliphatic heterocycles. The van der Waals surface area contributed by atoms with Crippen LogP contribution >= 0.6 is 15.9 Å². The van der Waals surface area contributed by atoms with E-state index in [-0.39, 0.29) is 0 Å². The average molecular weight is 554 g/mol. The number of imidazole rings is 2. The zero-order valence-corrected chi connectivity index (χ0v) is 22.5. The van der Waals surface area contributed by atoms with E-state index in [0.29, 0.717) is 11.0 Å². The molecule has 5 rings (SSSR count). The molecule has 0 radical (unpaired) electrons. The molecule has 2 aromatic heterocycles. The first kappa shape index (κ1) is 25.6. The largest absolute Gasteiger partial charge is 0.492 e. The molecule has 0 aliphatic carbocycles. The summed E-state index contributed by atoms with van der Waals surface area (Å²) in [5.41, 5.74) is 3.05. The monoisotopic (exact) mass is 553 g/mol. The molecule has 0 saturated carbocycles. The highest BCUT2D eigenvalue weighted by atomic mass is 79.9. The van der Waals surface area contributed by atoms with Crippen molar-refractivity contribution in [2.24, 2.45) is 0 Å². The first-order chi connectivity index (χ1) is 17.4. The van der Waals surface area contributed by atoms with Gasteiger partial charge < -0.3 is 4.74 Å². The highest BCUT2D eigenvalue weighted by Gasteiger charge is 2.29. The number of fused-ring (bicyclic) bond motifs is 2. The molecule has 0 spiro atoms. The molecule has 0 atom stereocenters. The van der Waals surface area contributed by atoms with Crippen molar-refractivity contribution in [2.45, 2.75) is 46.1 Å². The fraction of sp³-hybridized carbons (Fsp3) is 0.333. The van der Waals surface area contributed by atoms with E-state index in [1.54, 1.807) is 13.2 Å². The Morgan fingerprint density at radius 1 is 0.944 bits per heavy atom. The molecule has 3 heterocycles. The number of benzene rings is 2. The van der Waals surface area contributed by atoms with Crippen LogP contribution in [0.4, 0.5) is 0 Å². The number of rotatable bonds is 3. The molecule has 0 amide bonds. The Kier molecular flexibility index (Phi) is 7.59. The molecule has 0 N–H and O–H groups in total. The number of para-hydroxylation sites is 2. The maximum atomic E-state index is 12.8. The van der Waals surface area contributed by atoms with Crippen LogP contribution in [0.15, 0.2) is 53.5 Å². The highest BCUT2D eigenvalue weighted by molar-refractivity contribution is 9.08. The Hall–Kier alpha value is -3.46. The van der Waals surface area contributed by atoms with Gasteiger partial charge in [-0.2, -0.15) is 4.57 Å². The topological polar surface area (TPSA) is 79.1 Å². The quantitative estimate of drug-likeness (QED) is 0.274. The van der Waals surface area contributed by atoms with Gasteiger partial charge in [0, 0.05) is 25.8 Å². The average Bonchev–Trinajstić information content (AvgIpc) is 3.27. The molecule has 0 saturated heterocycles. The van der Waals surface area contributed by atoms with Crippen LogP contribution in [0.1, 0.15) is 48.5 Å². The number of aromatic nitrogens is 4. The standard InChI is InChI=1S/C26H27N4O4.CH3Br/c1-17(31)29-20-13-12-19(15-22(20)30(18(2)32)26(29)33)23-16-28(21-9-6-7-10-24(21)34-3)25-11-5-4-8-14-27(23)25;1-2/h6-7,9-10,12-13,15-16H,4-5,8,11,14H2,1-3H3;1H3/q+1;. The second kappa shape index (κ2) is 10.7. The van der Waals surface area contributed by atoms with Gasteiger partial charge in [-0.1, -0.05) is 28.1 Å². The summed E-state index contributed by atoms with van der Waals surface area (Å²) in [6, 6.07) is 13.4. The zero-order chi connectivity index (χ0) is 26.0. The van der Waals surface area contributed by atoms with E-state index in [0.717, 1.165) is 64.1 Å². The minimum absolute atomic E-state index is 0.423. The summed E-state index contributed by atoms with van der Waals surface area (Å²) >= 11 is 2.94. The molecule has 188 valence electrons. The van der Waals surface area contributed by atoms with E-state index in [1.165, 1.54) is 19.7 Å². The van der Waals surface area contributed by atoms with Crippen LogP contribution in [0.3, 0.4) is 0 Å². The predicted molar refractivity (Wildman–Crippen MR) is 143 cm³/mol. The molecule has 9 heteroatoms. The lowest BCUT2D eigenvalue weighted by Crippen LogP contribution is -2.34.